The third-order valence-electron chi connectivity index (χ3n) is 5.99. The topological polar surface area (TPSA) is 79.4 Å². The maximum Gasteiger partial charge on any atom is 0.275 e. The number of thiazole rings is 1. The molecule has 0 aliphatic carbocycles. The van der Waals surface area contributed by atoms with Gasteiger partial charge < -0.3 is 15.0 Å². The van der Waals surface area contributed by atoms with E-state index in [1.807, 2.05) is 53.4 Å². The molecule has 0 atom stereocenters. The second-order valence-corrected chi connectivity index (χ2v) is 9.62. The minimum Gasteiger partial charge on any atom is -0.343 e. The Morgan fingerprint density at radius 3 is 2.59 bits per heavy atom. The predicted molar refractivity (Wildman–Crippen MR) is 135 cm³/mol. The second-order valence-electron chi connectivity index (χ2n) is 8.29. The Kier molecular flexibility index (Phi) is 8.08. The molecule has 3 aromatic rings. The molecular weight excluding hydrogens is 470 g/mol. The van der Waals surface area contributed by atoms with Crippen LogP contribution in [0.2, 0.25) is 5.02 Å². The summed E-state index contributed by atoms with van der Waals surface area (Å²) < 4.78 is 0. The third-order valence-corrected chi connectivity index (χ3v) is 7.25. The van der Waals surface area contributed by atoms with Crippen LogP contribution in [-0.2, 0) is 9.59 Å². The van der Waals surface area contributed by atoms with Crippen LogP contribution in [0.4, 0.5) is 5.69 Å². The number of halogens is 1. The fraction of sp³-hybridized carbons (Fsp3) is 0.308. The van der Waals surface area contributed by atoms with Gasteiger partial charge >= 0.3 is 0 Å². The quantitative estimate of drug-likeness (QED) is 0.317. The molecule has 1 aliphatic rings. The van der Waals surface area contributed by atoms with Gasteiger partial charge in [-0.05, 0) is 43.0 Å². The first kappa shape index (κ1) is 24.1. The van der Waals surface area contributed by atoms with Crippen LogP contribution >= 0.6 is 22.9 Å². The Labute approximate surface area is 208 Å². The summed E-state index contributed by atoms with van der Waals surface area (Å²) in [7, 11) is 0. The molecule has 1 N–H and O–H groups in total. The first-order valence-electron chi connectivity index (χ1n) is 11.4. The van der Waals surface area contributed by atoms with E-state index in [4.69, 9.17) is 11.6 Å². The Hall–Kier alpha value is -3.03. The van der Waals surface area contributed by atoms with Gasteiger partial charge in [0.15, 0.2) is 0 Å². The number of unbranched alkanes of at least 4 members (excludes halogenated alkanes) is 1. The molecule has 2 heterocycles. The third kappa shape index (κ3) is 5.90. The number of anilines is 1. The molecule has 4 rings (SSSR count). The lowest BCUT2D eigenvalue weighted by molar-refractivity contribution is -0.132. The van der Waals surface area contributed by atoms with Gasteiger partial charge in [0.25, 0.3) is 5.91 Å². The van der Waals surface area contributed by atoms with Crippen LogP contribution in [0.15, 0.2) is 53.9 Å². The number of carbonyl (C=O) groups is 3. The van der Waals surface area contributed by atoms with Crippen molar-refractivity contribution >= 4 is 46.7 Å². The molecule has 6 nitrogen and oxygen atoms in total. The highest BCUT2D eigenvalue weighted by Crippen LogP contribution is 2.32. The van der Waals surface area contributed by atoms with Crippen molar-refractivity contribution in [3.8, 4) is 11.1 Å². The maximum absolute atomic E-state index is 12.9. The molecule has 2 aromatic carbocycles. The molecule has 34 heavy (non-hydrogen) atoms. The van der Waals surface area contributed by atoms with Crippen LogP contribution in [0.25, 0.3) is 11.1 Å². The van der Waals surface area contributed by atoms with Crippen LogP contribution in [-0.4, -0.2) is 41.1 Å². The molecule has 1 aromatic heterocycles. The zero-order chi connectivity index (χ0) is 23.9. The largest absolute Gasteiger partial charge is 0.343 e. The van der Waals surface area contributed by atoms with Crippen molar-refractivity contribution in [2.75, 3.05) is 18.4 Å². The van der Waals surface area contributed by atoms with Gasteiger partial charge in [0.2, 0.25) is 5.91 Å². The summed E-state index contributed by atoms with van der Waals surface area (Å²) in [6, 6.07) is 15.1. The van der Waals surface area contributed by atoms with Crippen molar-refractivity contribution in [2.45, 2.75) is 38.0 Å². The van der Waals surface area contributed by atoms with Gasteiger partial charge in [0.1, 0.15) is 12.0 Å². The predicted octanol–water partition coefficient (Wildman–Crippen LogP) is 5.79. The average Bonchev–Trinajstić information content (AvgIpc) is 3.36. The monoisotopic (exact) mass is 495 g/mol. The molecule has 0 bridgehead atoms. The van der Waals surface area contributed by atoms with E-state index in [2.05, 4.69) is 10.3 Å². The van der Waals surface area contributed by atoms with Crippen LogP contribution in [0.3, 0.4) is 0 Å². The van der Waals surface area contributed by atoms with Gasteiger partial charge in [-0.15, -0.1) is 11.3 Å². The summed E-state index contributed by atoms with van der Waals surface area (Å²) in [4.78, 5) is 42.2. The van der Waals surface area contributed by atoms with Crippen molar-refractivity contribution in [2.24, 2.45) is 0 Å². The molecule has 1 fully saturated rings. The van der Waals surface area contributed by atoms with E-state index in [0.717, 1.165) is 35.3 Å². The molecule has 176 valence electrons. The lowest BCUT2D eigenvalue weighted by atomic mass is 9.97. The van der Waals surface area contributed by atoms with E-state index in [1.54, 1.807) is 5.38 Å². The second kappa shape index (κ2) is 11.4. The Bertz CT molecular complexity index is 1150. The number of aromatic nitrogens is 1. The van der Waals surface area contributed by atoms with Crippen molar-refractivity contribution in [1.29, 1.82) is 0 Å². The summed E-state index contributed by atoms with van der Waals surface area (Å²) in [5, 5.41) is 6.39. The maximum atomic E-state index is 12.9. The van der Waals surface area contributed by atoms with Crippen molar-refractivity contribution in [3.63, 3.8) is 0 Å². The molecule has 1 aliphatic heterocycles. The van der Waals surface area contributed by atoms with Gasteiger partial charge in [-0.3, -0.25) is 9.59 Å². The summed E-state index contributed by atoms with van der Waals surface area (Å²) >= 11 is 7.51. The van der Waals surface area contributed by atoms with Crippen LogP contribution in [0, 0.1) is 0 Å². The summed E-state index contributed by atoms with van der Waals surface area (Å²) in [5.74, 6) is 0.109. The summed E-state index contributed by atoms with van der Waals surface area (Å²) in [6.07, 6.45) is 3.96. The van der Waals surface area contributed by atoms with E-state index >= 15 is 0 Å². The number of aldehydes is 1. The van der Waals surface area contributed by atoms with Crippen LogP contribution in [0.1, 0.15) is 53.5 Å². The highest BCUT2D eigenvalue weighted by atomic mass is 35.5. The number of nitrogens with one attached hydrogen (secondary N) is 1. The smallest absolute Gasteiger partial charge is 0.275 e. The van der Waals surface area contributed by atoms with Crippen LogP contribution < -0.4 is 5.32 Å². The minimum atomic E-state index is -0.244. The average molecular weight is 496 g/mol. The van der Waals surface area contributed by atoms with Crippen LogP contribution in [0.5, 0.6) is 0 Å². The Balaban J connectivity index is 1.37. The first-order chi connectivity index (χ1) is 16.5. The molecule has 8 heteroatoms. The number of benzene rings is 2. The number of hydrogen-bond donors (Lipinski definition) is 1. The fourth-order valence-electron chi connectivity index (χ4n) is 4.11. The van der Waals surface area contributed by atoms with Crippen molar-refractivity contribution in [1.82, 2.24) is 9.88 Å². The summed E-state index contributed by atoms with van der Waals surface area (Å²) in [6.45, 7) is 1.36. The highest BCUT2D eigenvalue weighted by molar-refractivity contribution is 7.10. The van der Waals surface area contributed by atoms with E-state index in [9.17, 15) is 14.4 Å². The van der Waals surface area contributed by atoms with Gasteiger partial charge in [0, 0.05) is 53.5 Å². The number of nitrogens with zero attached hydrogens (tertiary/aromatic N) is 2. The highest BCUT2D eigenvalue weighted by Gasteiger charge is 2.26. The van der Waals surface area contributed by atoms with E-state index in [0.29, 0.717) is 48.8 Å². The molecule has 0 radical (unpaired) electrons. The van der Waals surface area contributed by atoms with Gasteiger partial charge in [-0.2, -0.15) is 0 Å². The normalized spacial score (nSPS) is 14.1. The van der Waals surface area contributed by atoms with E-state index in [1.165, 1.54) is 11.3 Å². The minimum absolute atomic E-state index is 0.110. The number of piperidine rings is 1. The number of hydrogen-bond acceptors (Lipinski definition) is 5. The molecule has 0 saturated carbocycles. The zero-order valence-corrected chi connectivity index (χ0v) is 20.3. The number of amides is 2. The molecule has 0 spiro atoms. The number of likely N-dealkylation sites (tertiary alicyclic amines) is 1. The number of rotatable bonds is 8. The van der Waals surface area contributed by atoms with E-state index in [-0.39, 0.29) is 17.7 Å². The fourth-order valence-corrected chi connectivity index (χ4v) is 5.21. The zero-order valence-electron chi connectivity index (χ0n) is 18.7. The van der Waals surface area contributed by atoms with Crippen molar-refractivity contribution in [3.05, 3.63) is 69.6 Å². The standard InChI is InChI=1S/C26H26ClN3O3S/c27-20-10-8-18(9-11-20)21-5-1-2-6-22(21)28-25(33)23-17-34-26(29-23)19-12-14-30(15-13-19)24(32)7-3-4-16-31/h1-2,5-6,8-11,16-17,19H,3-4,7,12-15H2,(H,28,33). The Morgan fingerprint density at radius 2 is 1.85 bits per heavy atom. The lowest BCUT2D eigenvalue weighted by Gasteiger charge is -2.31. The summed E-state index contributed by atoms with van der Waals surface area (Å²) in [5.41, 5.74) is 2.99. The van der Waals surface area contributed by atoms with E-state index < -0.39 is 0 Å². The Morgan fingerprint density at radius 1 is 1.12 bits per heavy atom. The van der Waals surface area contributed by atoms with Gasteiger partial charge in [0.05, 0.1) is 5.01 Å². The lowest BCUT2D eigenvalue weighted by Crippen LogP contribution is -2.37. The molecule has 1 saturated heterocycles. The SMILES string of the molecule is O=CCCCC(=O)N1CCC(c2nc(C(=O)Nc3ccccc3-c3ccc(Cl)cc3)cs2)CC1. The molecule has 0 unspecified atom stereocenters. The molecule has 2 amide bonds. The molecular formula is C26H26ClN3O3S. The first-order valence-corrected chi connectivity index (χ1v) is 12.6. The van der Waals surface area contributed by atoms with Gasteiger partial charge in [-0.25, -0.2) is 4.98 Å². The van der Waals surface area contributed by atoms with Gasteiger partial charge in [-0.1, -0.05) is 41.9 Å². The number of para-hydroxylation sites is 1. The number of carbonyl (C=O) groups excluding carboxylic acids is 3. The van der Waals surface area contributed by atoms with Crippen molar-refractivity contribution < 1.29 is 14.4 Å².